The minimum atomic E-state index is -1.28. The summed E-state index contributed by atoms with van der Waals surface area (Å²) in [6, 6.07) is -1.06. The van der Waals surface area contributed by atoms with Gasteiger partial charge in [0.2, 0.25) is 5.91 Å². The lowest BCUT2D eigenvalue weighted by atomic mass is 10.1. The van der Waals surface area contributed by atoms with Crippen molar-refractivity contribution in [3.8, 4) is 0 Å². The predicted octanol–water partition coefficient (Wildman–Crippen LogP) is -3.37. The number of aliphatic hydroxyl groups excluding tert-OH is 4. The fourth-order valence-electron chi connectivity index (χ4n) is 2.83. The number of aliphatic hydroxyl groups is 4. The van der Waals surface area contributed by atoms with Crippen molar-refractivity contribution >= 4 is 22.9 Å². The van der Waals surface area contributed by atoms with E-state index >= 15 is 0 Å². The molecule has 0 unspecified atom stereocenters. The van der Waals surface area contributed by atoms with E-state index in [1.54, 1.807) is 0 Å². The fourth-order valence-corrected chi connectivity index (χ4v) is 2.83. The number of carbonyl (C=O) groups is 1. The lowest BCUT2D eigenvalue weighted by Gasteiger charge is -2.17. The molecule has 1 saturated heterocycles. The number of nitrogens with zero attached hydrogens (tertiary/aromatic N) is 4. The van der Waals surface area contributed by atoms with Crippen LogP contribution in [0.15, 0.2) is 12.7 Å². The Morgan fingerprint density at radius 2 is 2.11 bits per heavy atom. The van der Waals surface area contributed by atoms with Gasteiger partial charge in [-0.1, -0.05) is 0 Å². The van der Waals surface area contributed by atoms with E-state index in [1.165, 1.54) is 24.1 Å². The normalized spacial score (nSPS) is 26.9. The molecule has 1 fully saturated rings. The van der Waals surface area contributed by atoms with Crippen molar-refractivity contribution in [1.82, 2.24) is 24.8 Å². The zero-order chi connectivity index (χ0) is 20.4. The number of anilines is 1. The number of fused-ring (bicyclic) bond motifs is 1. The van der Waals surface area contributed by atoms with Gasteiger partial charge >= 0.3 is 0 Å². The van der Waals surface area contributed by atoms with Crippen LogP contribution in [0.5, 0.6) is 0 Å². The molecule has 2 aromatic rings. The first-order chi connectivity index (χ1) is 13.3. The van der Waals surface area contributed by atoms with Gasteiger partial charge in [0.05, 0.1) is 25.7 Å². The van der Waals surface area contributed by atoms with E-state index < -0.39 is 49.2 Å². The summed E-state index contributed by atoms with van der Waals surface area (Å²) < 4.78 is 6.91. The minimum absolute atomic E-state index is 0.0217. The quantitative estimate of drug-likeness (QED) is 0.230. The van der Waals surface area contributed by atoms with Crippen molar-refractivity contribution in [2.45, 2.75) is 43.6 Å². The van der Waals surface area contributed by atoms with Crippen molar-refractivity contribution in [1.29, 1.82) is 0 Å². The molecule has 6 atom stereocenters. The number of nitrogens with two attached hydrogens (primary N) is 1. The van der Waals surface area contributed by atoms with Gasteiger partial charge in [-0.2, -0.15) is 0 Å². The zero-order valence-electron chi connectivity index (χ0n) is 15.0. The lowest BCUT2D eigenvalue weighted by Crippen LogP contribution is -2.48. The number of aromatic nitrogens is 4. The first-order valence-electron chi connectivity index (χ1n) is 8.60. The molecule has 13 nitrogen and oxygen atoms in total. The van der Waals surface area contributed by atoms with Gasteiger partial charge < -0.3 is 41.5 Å². The third kappa shape index (κ3) is 3.76. The van der Waals surface area contributed by atoms with E-state index in [2.05, 4.69) is 25.6 Å². The second kappa shape index (κ2) is 8.30. The van der Waals surface area contributed by atoms with Crippen molar-refractivity contribution in [2.75, 3.05) is 18.6 Å². The lowest BCUT2D eigenvalue weighted by molar-refractivity contribution is -0.124. The van der Waals surface area contributed by atoms with Crippen LogP contribution >= 0.6 is 0 Å². The number of amides is 1. The Labute approximate surface area is 159 Å². The highest BCUT2D eigenvalue weighted by Gasteiger charge is 2.44. The first kappa shape index (κ1) is 20.3. The monoisotopic (exact) mass is 397 g/mol. The summed E-state index contributed by atoms with van der Waals surface area (Å²) in [5.41, 5.74) is 6.20. The summed E-state index contributed by atoms with van der Waals surface area (Å²) in [7, 11) is 0. The maximum absolute atomic E-state index is 11.8. The molecule has 28 heavy (non-hydrogen) atoms. The van der Waals surface area contributed by atoms with E-state index in [-0.39, 0.29) is 6.67 Å². The molecule has 1 aliphatic heterocycles. The summed E-state index contributed by atoms with van der Waals surface area (Å²) in [4.78, 5) is 24.2. The Bertz CT molecular complexity index is 830. The number of carbonyl (C=O) groups excluding carboxylic acids is 1. The molecule has 3 rings (SSSR count). The topological polar surface area (TPSA) is 201 Å². The molecule has 0 spiro atoms. The van der Waals surface area contributed by atoms with Crippen molar-refractivity contribution < 1.29 is 30.0 Å². The number of hydrogen-bond acceptors (Lipinski definition) is 11. The molecule has 154 valence electrons. The molecule has 13 heteroatoms. The van der Waals surface area contributed by atoms with E-state index in [0.29, 0.717) is 17.0 Å². The SMILES string of the molecule is C[C@@H](O)[C@H](N)C(=O)NCNc1ncnc2c1ncn2[C@@H]1O[C@H](CO)[C@@H](O)[C@H]1O. The highest BCUT2D eigenvalue weighted by atomic mass is 16.6. The largest absolute Gasteiger partial charge is 0.394 e. The van der Waals surface area contributed by atoms with E-state index in [9.17, 15) is 25.2 Å². The van der Waals surface area contributed by atoms with Gasteiger partial charge in [0.25, 0.3) is 0 Å². The van der Waals surface area contributed by atoms with Crippen LogP contribution in [0, 0.1) is 0 Å². The summed E-state index contributed by atoms with van der Waals surface area (Å²) in [5.74, 6) is -0.230. The van der Waals surface area contributed by atoms with Crippen LogP contribution in [0.4, 0.5) is 5.82 Å². The molecule has 0 saturated carbocycles. The van der Waals surface area contributed by atoms with Crippen LogP contribution in [0.1, 0.15) is 13.2 Å². The Balaban J connectivity index is 1.74. The molecule has 2 aromatic heterocycles. The van der Waals surface area contributed by atoms with Gasteiger partial charge in [-0.15, -0.1) is 0 Å². The Morgan fingerprint density at radius 3 is 2.75 bits per heavy atom. The first-order valence-corrected chi connectivity index (χ1v) is 8.60. The molecule has 3 heterocycles. The molecule has 8 N–H and O–H groups in total. The van der Waals surface area contributed by atoms with E-state index in [0.717, 1.165) is 0 Å². The van der Waals surface area contributed by atoms with Gasteiger partial charge in [0.1, 0.15) is 30.7 Å². The van der Waals surface area contributed by atoms with Gasteiger partial charge in [0, 0.05) is 0 Å². The fraction of sp³-hybridized carbons (Fsp3) is 0.600. The number of nitrogens with one attached hydrogen (secondary N) is 2. The minimum Gasteiger partial charge on any atom is -0.394 e. The Hall–Kier alpha value is -2.42. The van der Waals surface area contributed by atoms with Crippen LogP contribution in [-0.4, -0.2) is 89.6 Å². The molecule has 0 bridgehead atoms. The Kier molecular flexibility index (Phi) is 6.02. The Morgan fingerprint density at radius 1 is 1.36 bits per heavy atom. The van der Waals surface area contributed by atoms with Crippen molar-refractivity contribution in [3.05, 3.63) is 12.7 Å². The molecular weight excluding hydrogens is 374 g/mol. The third-order valence-corrected chi connectivity index (χ3v) is 4.49. The highest BCUT2D eigenvalue weighted by molar-refractivity contribution is 5.84. The molecule has 1 amide bonds. The summed E-state index contributed by atoms with van der Waals surface area (Å²) in [6.45, 7) is 0.944. The van der Waals surface area contributed by atoms with Crippen LogP contribution in [-0.2, 0) is 9.53 Å². The average molecular weight is 397 g/mol. The van der Waals surface area contributed by atoms with Crippen molar-refractivity contribution in [3.63, 3.8) is 0 Å². The van der Waals surface area contributed by atoms with Gasteiger partial charge in [-0.3, -0.25) is 9.36 Å². The van der Waals surface area contributed by atoms with E-state index in [4.69, 9.17) is 10.5 Å². The second-order valence-corrected chi connectivity index (χ2v) is 6.44. The van der Waals surface area contributed by atoms with Gasteiger partial charge in [-0.25, -0.2) is 15.0 Å². The van der Waals surface area contributed by atoms with Crippen LogP contribution in [0.2, 0.25) is 0 Å². The number of ether oxygens (including phenoxy) is 1. The van der Waals surface area contributed by atoms with Crippen LogP contribution in [0.3, 0.4) is 0 Å². The number of imidazole rings is 1. The molecule has 0 aromatic carbocycles. The van der Waals surface area contributed by atoms with Gasteiger partial charge in [-0.05, 0) is 6.92 Å². The summed E-state index contributed by atoms with van der Waals surface area (Å²) in [5, 5.41) is 44.0. The van der Waals surface area contributed by atoms with Gasteiger partial charge in [0.15, 0.2) is 23.2 Å². The molecular formula is C15H23N7O6. The zero-order valence-corrected chi connectivity index (χ0v) is 15.0. The van der Waals surface area contributed by atoms with Crippen LogP contribution in [0.25, 0.3) is 11.2 Å². The highest BCUT2D eigenvalue weighted by Crippen LogP contribution is 2.31. The smallest absolute Gasteiger partial charge is 0.240 e. The molecule has 1 aliphatic rings. The maximum Gasteiger partial charge on any atom is 0.240 e. The van der Waals surface area contributed by atoms with E-state index in [1.807, 2.05) is 0 Å². The number of hydrogen-bond donors (Lipinski definition) is 7. The van der Waals surface area contributed by atoms with Crippen molar-refractivity contribution in [2.24, 2.45) is 5.73 Å². The average Bonchev–Trinajstić information content (AvgIpc) is 3.23. The number of rotatable bonds is 7. The summed E-state index contributed by atoms with van der Waals surface area (Å²) >= 11 is 0. The summed E-state index contributed by atoms with van der Waals surface area (Å²) in [6.07, 6.45) is -2.80. The standard InChI is InChI=1S/C15H23N7O6/c1-6(24)8(16)14(27)20-4-18-12-9-13(19-3-17-12)22(5-21-9)15-11(26)10(25)7(2-23)28-15/h3,5-8,10-11,15,23-26H,2,4,16H2,1H3,(H,20,27)(H,17,18,19)/t6-,7-,8+,10-,11-,15-/m1/s1. The maximum atomic E-state index is 11.8. The molecule has 0 radical (unpaired) electrons. The predicted molar refractivity (Wildman–Crippen MR) is 94.6 cm³/mol. The second-order valence-electron chi connectivity index (χ2n) is 6.44. The third-order valence-electron chi connectivity index (χ3n) is 4.49. The molecule has 0 aliphatic carbocycles. The van der Waals surface area contributed by atoms with Crippen LogP contribution < -0.4 is 16.4 Å².